The predicted octanol–water partition coefficient (Wildman–Crippen LogP) is 4.23. The number of nitrogens with zero attached hydrogens (tertiary/aromatic N) is 2. The van der Waals surface area contributed by atoms with Crippen LogP contribution < -0.4 is 0 Å². The van der Waals surface area contributed by atoms with Gasteiger partial charge in [0.1, 0.15) is 0 Å². The topological polar surface area (TPSA) is 36.3 Å². The molecular formula is C21H30N2O2. The SMILES string of the molecule is Cc1ccc(CCC2(Cn3ccnc3)OCC(C(C)(C)C)CO2)cc1. The Balaban J connectivity index is 1.70. The molecule has 1 aromatic carbocycles. The van der Waals surface area contributed by atoms with E-state index in [1.54, 1.807) is 6.20 Å². The van der Waals surface area contributed by atoms with Crippen molar-refractivity contribution in [2.75, 3.05) is 13.2 Å². The van der Waals surface area contributed by atoms with Crippen LogP contribution in [0.3, 0.4) is 0 Å². The number of aromatic nitrogens is 2. The highest BCUT2D eigenvalue weighted by atomic mass is 16.7. The van der Waals surface area contributed by atoms with Crippen molar-refractivity contribution < 1.29 is 9.47 Å². The van der Waals surface area contributed by atoms with E-state index in [0.717, 1.165) is 26.1 Å². The van der Waals surface area contributed by atoms with E-state index in [1.165, 1.54) is 11.1 Å². The molecule has 0 N–H and O–H groups in total. The van der Waals surface area contributed by atoms with Crippen LogP contribution in [-0.4, -0.2) is 28.6 Å². The van der Waals surface area contributed by atoms with Crippen LogP contribution in [0.1, 0.15) is 38.3 Å². The van der Waals surface area contributed by atoms with E-state index in [-0.39, 0.29) is 5.41 Å². The van der Waals surface area contributed by atoms with Crippen molar-refractivity contribution >= 4 is 0 Å². The van der Waals surface area contributed by atoms with E-state index < -0.39 is 5.79 Å². The molecule has 0 radical (unpaired) electrons. The average Bonchev–Trinajstić information content (AvgIpc) is 3.07. The number of aryl methyl sites for hydroxylation is 2. The monoisotopic (exact) mass is 342 g/mol. The van der Waals surface area contributed by atoms with Gasteiger partial charge in [-0.1, -0.05) is 50.6 Å². The maximum absolute atomic E-state index is 6.35. The van der Waals surface area contributed by atoms with Crippen molar-refractivity contribution in [3.8, 4) is 0 Å². The number of ether oxygens (including phenoxy) is 2. The van der Waals surface area contributed by atoms with Crippen LogP contribution in [0.25, 0.3) is 0 Å². The molecule has 0 aliphatic carbocycles. The van der Waals surface area contributed by atoms with Crippen LogP contribution in [0.2, 0.25) is 0 Å². The quantitative estimate of drug-likeness (QED) is 0.816. The Labute approximate surface area is 151 Å². The maximum atomic E-state index is 6.35. The predicted molar refractivity (Wildman–Crippen MR) is 99.3 cm³/mol. The molecule has 0 bridgehead atoms. The third-order valence-electron chi connectivity index (χ3n) is 5.22. The Bertz CT molecular complexity index is 648. The van der Waals surface area contributed by atoms with Crippen LogP contribution in [0.15, 0.2) is 43.0 Å². The van der Waals surface area contributed by atoms with Crippen LogP contribution in [0.5, 0.6) is 0 Å². The van der Waals surface area contributed by atoms with Gasteiger partial charge < -0.3 is 14.0 Å². The first-order valence-electron chi connectivity index (χ1n) is 9.16. The highest BCUT2D eigenvalue weighted by molar-refractivity contribution is 5.21. The second-order valence-electron chi connectivity index (χ2n) is 8.32. The molecule has 4 nitrogen and oxygen atoms in total. The van der Waals surface area contributed by atoms with E-state index in [4.69, 9.17) is 9.47 Å². The summed E-state index contributed by atoms with van der Waals surface area (Å²) in [5.41, 5.74) is 2.80. The van der Waals surface area contributed by atoms with Gasteiger partial charge in [0, 0.05) is 24.7 Å². The van der Waals surface area contributed by atoms with Gasteiger partial charge in [-0.25, -0.2) is 4.98 Å². The minimum atomic E-state index is -0.576. The summed E-state index contributed by atoms with van der Waals surface area (Å²) in [6, 6.07) is 8.72. The van der Waals surface area contributed by atoms with Gasteiger partial charge in [0.05, 0.1) is 26.1 Å². The molecule has 25 heavy (non-hydrogen) atoms. The van der Waals surface area contributed by atoms with Crippen molar-refractivity contribution in [2.45, 2.75) is 52.9 Å². The first-order valence-corrected chi connectivity index (χ1v) is 9.16. The van der Waals surface area contributed by atoms with Crippen LogP contribution in [0, 0.1) is 18.3 Å². The Hall–Kier alpha value is -1.65. The van der Waals surface area contributed by atoms with Gasteiger partial charge in [-0.15, -0.1) is 0 Å². The molecule has 3 rings (SSSR count). The molecular weight excluding hydrogens is 312 g/mol. The zero-order valence-corrected chi connectivity index (χ0v) is 15.9. The van der Waals surface area contributed by atoms with Crippen molar-refractivity contribution in [2.24, 2.45) is 11.3 Å². The van der Waals surface area contributed by atoms with Gasteiger partial charge in [-0.2, -0.15) is 0 Å². The Morgan fingerprint density at radius 2 is 1.84 bits per heavy atom. The second kappa shape index (κ2) is 7.30. The summed E-state index contributed by atoms with van der Waals surface area (Å²) in [7, 11) is 0. The summed E-state index contributed by atoms with van der Waals surface area (Å²) in [6.07, 6.45) is 7.38. The summed E-state index contributed by atoms with van der Waals surface area (Å²) >= 11 is 0. The van der Waals surface area contributed by atoms with Crippen LogP contribution in [0.4, 0.5) is 0 Å². The maximum Gasteiger partial charge on any atom is 0.186 e. The van der Waals surface area contributed by atoms with E-state index in [9.17, 15) is 0 Å². The highest BCUT2D eigenvalue weighted by Crippen LogP contribution is 2.35. The molecule has 0 amide bonds. The molecule has 1 aliphatic rings. The molecule has 0 atom stereocenters. The third kappa shape index (κ3) is 4.71. The van der Waals surface area contributed by atoms with Gasteiger partial charge in [0.25, 0.3) is 0 Å². The number of hydrogen-bond donors (Lipinski definition) is 0. The minimum absolute atomic E-state index is 0.193. The zero-order valence-electron chi connectivity index (χ0n) is 15.9. The van der Waals surface area contributed by atoms with Gasteiger partial charge in [-0.05, 0) is 24.3 Å². The van der Waals surface area contributed by atoms with Gasteiger partial charge in [0.2, 0.25) is 0 Å². The molecule has 2 aromatic rings. The summed E-state index contributed by atoms with van der Waals surface area (Å²) in [4.78, 5) is 4.15. The fourth-order valence-electron chi connectivity index (χ4n) is 3.16. The summed E-state index contributed by atoms with van der Waals surface area (Å²) in [5.74, 6) is -0.157. The minimum Gasteiger partial charge on any atom is -0.348 e. The first kappa shape index (κ1) is 18.2. The van der Waals surface area contributed by atoms with Crippen LogP contribution in [-0.2, 0) is 22.4 Å². The molecule has 4 heteroatoms. The van der Waals surface area contributed by atoms with E-state index >= 15 is 0 Å². The second-order valence-corrected chi connectivity index (χ2v) is 8.32. The fourth-order valence-corrected chi connectivity index (χ4v) is 3.16. The van der Waals surface area contributed by atoms with Crippen LogP contribution >= 0.6 is 0 Å². The van der Waals surface area contributed by atoms with E-state index in [1.807, 2.05) is 17.1 Å². The number of imidazole rings is 1. The average molecular weight is 342 g/mol. The number of hydrogen-bond acceptors (Lipinski definition) is 3. The van der Waals surface area contributed by atoms with Gasteiger partial charge in [-0.3, -0.25) is 0 Å². The molecule has 0 saturated carbocycles. The molecule has 0 spiro atoms. The summed E-state index contributed by atoms with van der Waals surface area (Å²) < 4.78 is 14.8. The van der Waals surface area contributed by atoms with E-state index in [2.05, 4.69) is 56.9 Å². The molecule has 0 unspecified atom stereocenters. The molecule has 1 saturated heterocycles. The lowest BCUT2D eigenvalue weighted by atomic mass is 9.81. The lowest BCUT2D eigenvalue weighted by molar-refractivity contribution is -0.301. The molecule has 1 aliphatic heterocycles. The fraction of sp³-hybridized carbons (Fsp3) is 0.571. The smallest absolute Gasteiger partial charge is 0.186 e. The number of benzene rings is 1. The van der Waals surface area contributed by atoms with E-state index in [0.29, 0.717) is 12.5 Å². The zero-order chi connectivity index (χ0) is 17.9. The Morgan fingerprint density at radius 3 is 2.40 bits per heavy atom. The first-order chi connectivity index (χ1) is 11.9. The number of rotatable bonds is 5. The van der Waals surface area contributed by atoms with Crippen molar-refractivity contribution in [3.63, 3.8) is 0 Å². The van der Waals surface area contributed by atoms with Crippen molar-refractivity contribution in [3.05, 3.63) is 54.1 Å². The van der Waals surface area contributed by atoms with Gasteiger partial charge in [0.15, 0.2) is 5.79 Å². The third-order valence-corrected chi connectivity index (χ3v) is 5.22. The normalized spacial score (nSPS) is 24.4. The van der Waals surface area contributed by atoms with Crippen molar-refractivity contribution in [1.82, 2.24) is 9.55 Å². The standard InChI is InChI=1S/C21H30N2O2/c1-17-5-7-18(8-6-17)9-10-21(15-23-12-11-22-16-23)24-13-19(14-25-21)20(2,3)4/h5-8,11-12,16,19H,9-10,13-15H2,1-4H3. The molecule has 2 heterocycles. The summed E-state index contributed by atoms with van der Waals surface area (Å²) in [6.45, 7) is 11.0. The van der Waals surface area contributed by atoms with Crippen molar-refractivity contribution in [1.29, 1.82) is 0 Å². The van der Waals surface area contributed by atoms with Gasteiger partial charge >= 0.3 is 0 Å². The Kier molecular flexibility index (Phi) is 5.30. The molecule has 136 valence electrons. The largest absolute Gasteiger partial charge is 0.348 e. The highest BCUT2D eigenvalue weighted by Gasteiger charge is 2.40. The molecule has 1 aromatic heterocycles. The lowest BCUT2D eigenvalue weighted by Crippen LogP contribution is -2.50. The molecule has 1 fully saturated rings. The lowest BCUT2D eigenvalue weighted by Gasteiger charge is -2.44. The Morgan fingerprint density at radius 1 is 1.16 bits per heavy atom. The summed E-state index contributed by atoms with van der Waals surface area (Å²) in [5, 5.41) is 0.